The van der Waals surface area contributed by atoms with Crippen molar-refractivity contribution in [2.24, 2.45) is 5.92 Å². The number of carbonyl (C=O) groups excluding carboxylic acids is 1. The van der Waals surface area contributed by atoms with E-state index in [4.69, 9.17) is 0 Å². The number of urea groups is 1. The number of hydrogen-bond acceptors (Lipinski definition) is 3. The van der Waals surface area contributed by atoms with Gasteiger partial charge in [-0.3, -0.25) is 0 Å². The topological polar surface area (TPSA) is 64.6 Å². The van der Waals surface area contributed by atoms with Gasteiger partial charge in [0.15, 0.2) is 0 Å². The molecule has 0 heterocycles. The summed E-state index contributed by atoms with van der Waals surface area (Å²) in [5.41, 5.74) is 2.96. The summed E-state index contributed by atoms with van der Waals surface area (Å²) in [7, 11) is 3.99. The molecule has 0 radical (unpaired) electrons. The van der Waals surface area contributed by atoms with E-state index in [9.17, 15) is 9.90 Å². The van der Waals surface area contributed by atoms with Crippen LogP contribution in [0.5, 0.6) is 0 Å². The van der Waals surface area contributed by atoms with Gasteiger partial charge in [-0.1, -0.05) is 19.3 Å². The summed E-state index contributed by atoms with van der Waals surface area (Å²) in [6.07, 6.45) is 5.35. The first-order valence-corrected chi connectivity index (χ1v) is 8.47. The Kier molecular flexibility index (Phi) is 6.28. The Bertz CT molecular complexity index is 531. The van der Waals surface area contributed by atoms with E-state index in [2.05, 4.69) is 16.7 Å². The largest absolute Gasteiger partial charge is 0.396 e. The lowest BCUT2D eigenvalue weighted by atomic mass is 9.96. The maximum Gasteiger partial charge on any atom is 0.319 e. The van der Waals surface area contributed by atoms with Crippen LogP contribution < -0.4 is 15.5 Å². The summed E-state index contributed by atoms with van der Waals surface area (Å²) in [5, 5.41) is 15.5. The Hall–Kier alpha value is -1.75. The monoisotopic (exact) mass is 319 g/mol. The van der Waals surface area contributed by atoms with Crippen molar-refractivity contribution >= 4 is 17.4 Å². The van der Waals surface area contributed by atoms with Gasteiger partial charge >= 0.3 is 6.03 Å². The lowest BCUT2D eigenvalue weighted by Gasteiger charge is -2.25. The predicted molar refractivity (Wildman–Crippen MR) is 95.1 cm³/mol. The van der Waals surface area contributed by atoms with Gasteiger partial charge in [0, 0.05) is 44.0 Å². The standard InChI is InChI=1S/C18H29N3O2/c1-13-11-15(21(2)3)9-10-16(13)19-18(23)20-17-8-6-4-5-7-14(17)12-22/h9-11,14,17,22H,4-8,12H2,1-3H3,(H2,19,20,23). The molecule has 1 aliphatic carbocycles. The molecule has 0 saturated heterocycles. The molecule has 1 aromatic rings. The highest BCUT2D eigenvalue weighted by Crippen LogP contribution is 2.24. The van der Waals surface area contributed by atoms with Crippen molar-refractivity contribution in [3.8, 4) is 0 Å². The average Bonchev–Trinajstić information content (AvgIpc) is 2.74. The Morgan fingerprint density at radius 2 is 2.00 bits per heavy atom. The van der Waals surface area contributed by atoms with Crippen molar-refractivity contribution in [1.82, 2.24) is 5.32 Å². The molecule has 5 nitrogen and oxygen atoms in total. The van der Waals surface area contributed by atoms with E-state index in [1.807, 2.05) is 38.1 Å². The first kappa shape index (κ1) is 17.6. The molecule has 3 N–H and O–H groups in total. The molecule has 128 valence electrons. The fraction of sp³-hybridized carbons (Fsp3) is 0.611. The summed E-state index contributed by atoms with van der Waals surface area (Å²) < 4.78 is 0. The number of anilines is 2. The van der Waals surface area contributed by atoms with Crippen molar-refractivity contribution in [3.63, 3.8) is 0 Å². The maximum atomic E-state index is 12.3. The molecule has 0 aliphatic heterocycles. The second-order valence-electron chi connectivity index (χ2n) is 6.68. The molecular weight excluding hydrogens is 290 g/mol. The normalized spacial score (nSPS) is 21.4. The zero-order valence-corrected chi connectivity index (χ0v) is 14.4. The van der Waals surface area contributed by atoms with Crippen molar-refractivity contribution < 1.29 is 9.90 Å². The van der Waals surface area contributed by atoms with Crippen molar-refractivity contribution in [2.75, 3.05) is 30.9 Å². The zero-order valence-electron chi connectivity index (χ0n) is 14.4. The number of rotatable bonds is 4. The highest BCUT2D eigenvalue weighted by Gasteiger charge is 2.24. The first-order valence-electron chi connectivity index (χ1n) is 8.47. The Labute approximate surface area is 139 Å². The smallest absolute Gasteiger partial charge is 0.319 e. The van der Waals surface area contributed by atoms with E-state index in [1.54, 1.807) is 0 Å². The van der Waals surface area contributed by atoms with Crippen LogP contribution in [-0.2, 0) is 0 Å². The number of benzene rings is 1. The van der Waals surface area contributed by atoms with E-state index in [1.165, 1.54) is 6.42 Å². The second kappa shape index (κ2) is 8.20. The van der Waals surface area contributed by atoms with Gasteiger partial charge in [-0.15, -0.1) is 0 Å². The van der Waals surface area contributed by atoms with Crippen LogP contribution in [0.25, 0.3) is 0 Å². The molecule has 1 fully saturated rings. The molecule has 2 rings (SSSR count). The molecule has 0 bridgehead atoms. The molecule has 1 aromatic carbocycles. The van der Waals surface area contributed by atoms with E-state index in [0.29, 0.717) is 0 Å². The minimum atomic E-state index is -0.184. The molecule has 2 amide bonds. The molecule has 1 aliphatic rings. The SMILES string of the molecule is Cc1cc(N(C)C)ccc1NC(=O)NC1CCCCCC1CO. The lowest BCUT2D eigenvalue weighted by Crippen LogP contribution is -2.43. The number of nitrogens with zero attached hydrogens (tertiary/aromatic N) is 1. The van der Waals surface area contributed by atoms with Crippen LogP contribution >= 0.6 is 0 Å². The number of carbonyl (C=O) groups is 1. The summed E-state index contributed by atoms with van der Waals surface area (Å²) in [5.74, 6) is 0.167. The molecule has 5 heteroatoms. The van der Waals surface area contributed by atoms with Gasteiger partial charge in [0.2, 0.25) is 0 Å². The second-order valence-corrected chi connectivity index (χ2v) is 6.68. The Balaban J connectivity index is 1.98. The van der Waals surface area contributed by atoms with Crippen LogP contribution in [0.15, 0.2) is 18.2 Å². The third-order valence-electron chi connectivity index (χ3n) is 4.68. The third kappa shape index (κ3) is 4.86. The van der Waals surface area contributed by atoms with Crippen molar-refractivity contribution in [2.45, 2.75) is 45.1 Å². The number of aliphatic hydroxyl groups excluding tert-OH is 1. The number of aliphatic hydroxyl groups is 1. The fourth-order valence-corrected chi connectivity index (χ4v) is 3.19. The lowest BCUT2D eigenvalue weighted by molar-refractivity contribution is 0.182. The van der Waals surface area contributed by atoms with Crippen LogP contribution in [0, 0.1) is 12.8 Å². The van der Waals surface area contributed by atoms with Crippen LogP contribution in [0.4, 0.5) is 16.2 Å². The molecular formula is C18H29N3O2. The van der Waals surface area contributed by atoms with E-state index >= 15 is 0 Å². The third-order valence-corrected chi connectivity index (χ3v) is 4.68. The van der Waals surface area contributed by atoms with E-state index in [-0.39, 0.29) is 24.6 Å². The highest BCUT2D eigenvalue weighted by molar-refractivity contribution is 5.90. The van der Waals surface area contributed by atoms with Gasteiger partial charge in [-0.05, 0) is 43.5 Å². The van der Waals surface area contributed by atoms with Crippen molar-refractivity contribution in [1.29, 1.82) is 0 Å². The van der Waals surface area contributed by atoms with Crippen LogP contribution in [0.1, 0.15) is 37.7 Å². The van der Waals surface area contributed by atoms with E-state index in [0.717, 1.165) is 42.6 Å². The fourth-order valence-electron chi connectivity index (χ4n) is 3.19. The molecule has 1 saturated carbocycles. The van der Waals surface area contributed by atoms with Gasteiger partial charge in [-0.2, -0.15) is 0 Å². The number of amides is 2. The molecule has 2 unspecified atom stereocenters. The summed E-state index contributed by atoms with van der Waals surface area (Å²) in [6, 6.07) is 5.85. The number of aryl methyl sites for hydroxylation is 1. The van der Waals surface area contributed by atoms with Gasteiger partial charge in [0.25, 0.3) is 0 Å². The molecule has 23 heavy (non-hydrogen) atoms. The van der Waals surface area contributed by atoms with Crippen LogP contribution in [-0.4, -0.2) is 37.9 Å². The summed E-state index contributed by atoms with van der Waals surface area (Å²) >= 11 is 0. The molecule has 0 spiro atoms. The Morgan fingerprint density at radius 3 is 2.65 bits per heavy atom. The summed E-state index contributed by atoms with van der Waals surface area (Å²) in [6.45, 7) is 2.13. The predicted octanol–water partition coefficient (Wildman–Crippen LogP) is 3.12. The van der Waals surface area contributed by atoms with Gasteiger partial charge < -0.3 is 20.6 Å². The minimum absolute atomic E-state index is 0.0591. The van der Waals surface area contributed by atoms with Gasteiger partial charge in [0.05, 0.1) is 0 Å². The Morgan fingerprint density at radius 1 is 1.26 bits per heavy atom. The quantitative estimate of drug-likeness (QED) is 0.747. The van der Waals surface area contributed by atoms with Crippen molar-refractivity contribution in [3.05, 3.63) is 23.8 Å². The number of nitrogens with one attached hydrogen (secondary N) is 2. The average molecular weight is 319 g/mol. The van der Waals surface area contributed by atoms with Gasteiger partial charge in [0.1, 0.15) is 0 Å². The first-order chi connectivity index (χ1) is 11.0. The van der Waals surface area contributed by atoms with Gasteiger partial charge in [-0.25, -0.2) is 4.79 Å². The summed E-state index contributed by atoms with van der Waals surface area (Å²) in [4.78, 5) is 14.3. The van der Waals surface area contributed by atoms with Crippen LogP contribution in [0.3, 0.4) is 0 Å². The zero-order chi connectivity index (χ0) is 16.8. The molecule has 2 atom stereocenters. The number of hydrogen-bond donors (Lipinski definition) is 3. The minimum Gasteiger partial charge on any atom is -0.396 e. The maximum absolute atomic E-state index is 12.3. The van der Waals surface area contributed by atoms with E-state index < -0.39 is 0 Å². The van der Waals surface area contributed by atoms with Crippen LogP contribution in [0.2, 0.25) is 0 Å². The molecule has 0 aromatic heterocycles. The highest BCUT2D eigenvalue weighted by atomic mass is 16.3.